The van der Waals surface area contributed by atoms with Crippen LogP contribution in [0.3, 0.4) is 0 Å². The van der Waals surface area contributed by atoms with Crippen molar-refractivity contribution in [3.63, 3.8) is 0 Å². The van der Waals surface area contributed by atoms with Gasteiger partial charge in [-0.25, -0.2) is 0 Å². The first-order valence-corrected chi connectivity index (χ1v) is 10.4. The SMILES string of the molecule is CC(OCC1CCCCO1)C(=O)N1CCCC(N2C(C)CCC2C)C1. The van der Waals surface area contributed by atoms with Crippen LogP contribution in [0.2, 0.25) is 0 Å². The molecular weight excluding hydrogens is 316 g/mol. The predicted molar refractivity (Wildman–Crippen MR) is 98.6 cm³/mol. The summed E-state index contributed by atoms with van der Waals surface area (Å²) < 4.78 is 11.6. The van der Waals surface area contributed by atoms with E-state index in [1.165, 1.54) is 25.7 Å². The molecule has 0 aromatic rings. The Bertz CT molecular complexity index is 429. The maximum Gasteiger partial charge on any atom is 0.251 e. The number of ether oxygens (including phenoxy) is 2. The highest BCUT2D eigenvalue weighted by Crippen LogP contribution is 2.30. The van der Waals surface area contributed by atoms with E-state index in [-0.39, 0.29) is 18.1 Å². The van der Waals surface area contributed by atoms with Crippen LogP contribution >= 0.6 is 0 Å². The monoisotopic (exact) mass is 352 g/mol. The van der Waals surface area contributed by atoms with E-state index in [1.807, 2.05) is 11.8 Å². The Morgan fingerprint density at radius 1 is 1.12 bits per heavy atom. The molecule has 3 rings (SSSR count). The average molecular weight is 353 g/mol. The highest BCUT2D eigenvalue weighted by atomic mass is 16.5. The Hall–Kier alpha value is -0.650. The fourth-order valence-corrected chi connectivity index (χ4v) is 4.85. The Morgan fingerprint density at radius 3 is 2.56 bits per heavy atom. The quantitative estimate of drug-likeness (QED) is 0.763. The van der Waals surface area contributed by atoms with E-state index < -0.39 is 0 Å². The van der Waals surface area contributed by atoms with Crippen LogP contribution in [0, 0.1) is 0 Å². The van der Waals surface area contributed by atoms with Crippen LogP contribution in [0.25, 0.3) is 0 Å². The Kier molecular flexibility index (Phi) is 6.75. The second kappa shape index (κ2) is 8.83. The minimum Gasteiger partial charge on any atom is -0.376 e. The van der Waals surface area contributed by atoms with Gasteiger partial charge in [0.2, 0.25) is 0 Å². The number of hydrogen-bond acceptors (Lipinski definition) is 4. The molecule has 5 nitrogen and oxygen atoms in total. The summed E-state index contributed by atoms with van der Waals surface area (Å²) in [6.07, 6.45) is 8.09. The molecule has 3 aliphatic rings. The minimum absolute atomic E-state index is 0.153. The van der Waals surface area contributed by atoms with Gasteiger partial charge in [-0.15, -0.1) is 0 Å². The van der Waals surface area contributed by atoms with Crippen LogP contribution in [0.5, 0.6) is 0 Å². The molecule has 1 amide bonds. The fourth-order valence-electron chi connectivity index (χ4n) is 4.85. The van der Waals surface area contributed by atoms with Crippen molar-refractivity contribution in [1.82, 2.24) is 9.80 Å². The lowest BCUT2D eigenvalue weighted by atomic mass is 10.0. The van der Waals surface area contributed by atoms with Crippen molar-refractivity contribution < 1.29 is 14.3 Å². The molecule has 0 N–H and O–H groups in total. The molecule has 0 aromatic heterocycles. The van der Waals surface area contributed by atoms with E-state index >= 15 is 0 Å². The van der Waals surface area contributed by atoms with Gasteiger partial charge in [0.15, 0.2) is 0 Å². The zero-order valence-corrected chi connectivity index (χ0v) is 16.3. The Morgan fingerprint density at radius 2 is 1.88 bits per heavy atom. The maximum absolute atomic E-state index is 12.8. The van der Waals surface area contributed by atoms with Crippen LogP contribution < -0.4 is 0 Å². The lowest BCUT2D eigenvalue weighted by molar-refractivity contribution is -0.148. The lowest BCUT2D eigenvalue weighted by Crippen LogP contribution is -2.54. The van der Waals surface area contributed by atoms with E-state index in [1.54, 1.807) is 0 Å². The van der Waals surface area contributed by atoms with Gasteiger partial charge in [0, 0.05) is 37.8 Å². The van der Waals surface area contributed by atoms with Gasteiger partial charge < -0.3 is 14.4 Å². The second-order valence-corrected chi connectivity index (χ2v) is 8.27. The van der Waals surface area contributed by atoms with Gasteiger partial charge in [0.05, 0.1) is 12.7 Å². The van der Waals surface area contributed by atoms with Gasteiger partial charge >= 0.3 is 0 Å². The van der Waals surface area contributed by atoms with Crippen LogP contribution in [0.1, 0.15) is 65.7 Å². The van der Waals surface area contributed by atoms with Crippen molar-refractivity contribution in [2.75, 3.05) is 26.3 Å². The molecule has 0 aromatic carbocycles. The van der Waals surface area contributed by atoms with Crippen molar-refractivity contribution in [2.45, 2.75) is 96.1 Å². The summed E-state index contributed by atoms with van der Waals surface area (Å²) in [7, 11) is 0. The summed E-state index contributed by atoms with van der Waals surface area (Å²) in [5.74, 6) is 0.153. The average Bonchev–Trinajstić information content (AvgIpc) is 2.98. The second-order valence-electron chi connectivity index (χ2n) is 8.27. The molecule has 0 bridgehead atoms. The molecule has 0 spiro atoms. The molecule has 0 saturated carbocycles. The number of rotatable bonds is 5. The number of carbonyl (C=O) groups excluding carboxylic acids is 1. The molecular formula is C20H36N2O3. The van der Waals surface area contributed by atoms with Gasteiger partial charge in [-0.3, -0.25) is 9.69 Å². The van der Waals surface area contributed by atoms with Crippen molar-refractivity contribution in [2.24, 2.45) is 0 Å². The number of piperidine rings is 1. The number of nitrogens with zero attached hydrogens (tertiary/aromatic N) is 2. The highest BCUT2D eigenvalue weighted by molar-refractivity contribution is 5.80. The van der Waals surface area contributed by atoms with Gasteiger partial charge in [-0.2, -0.15) is 0 Å². The van der Waals surface area contributed by atoms with Gasteiger partial charge in [0.25, 0.3) is 5.91 Å². The van der Waals surface area contributed by atoms with Crippen molar-refractivity contribution in [1.29, 1.82) is 0 Å². The molecule has 3 saturated heterocycles. The molecule has 25 heavy (non-hydrogen) atoms. The third-order valence-corrected chi connectivity index (χ3v) is 6.30. The van der Waals surface area contributed by atoms with E-state index in [2.05, 4.69) is 18.7 Å². The van der Waals surface area contributed by atoms with E-state index in [0.717, 1.165) is 39.0 Å². The Balaban J connectivity index is 1.49. The first-order chi connectivity index (χ1) is 12.1. The molecule has 0 aliphatic carbocycles. The molecule has 5 heteroatoms. The van der Waals surface area contributed by atoms with Crippen LogP contribution in [-0.2, 0) is 14.3 Å². The third kappa shape index (κ3) is 4.75. The van der Waals surface area contributed by atoms with E-state index in [0.29, 0.717) is 24.7 Å². The van der Waals surface area contributed by atoms with Crippen LogP contribution in [0.15, 0.2) is 0 Å². The van der Waals surface area contributed by atoms with Crippen LogP contribution in [-0.4, -0.2) is 72.3 Å². The molecule has 3 heterocycles. The largest absolute Gasteiger partial charge is 0.376 e. The first-order valence-electron chi connectivity index (χ1n) is 10.4. The summed E-state index contributed by atoms with van der Waals surface area (Å²) >= 11 is 0. The maximum atomic E-state index is 12.8. The summed E-state index contributed by atoms with van der Waals surface area (Å²) in [6, 6.07) is 1.80. The van der Waals surface area contributed by atoms with Crippen molar-refractivity contribution in [3.8, 4) is 0 Å². The number of carbonyl (C=O) groups is 1. The standard InChI is InChI=1S/C20H36N2O3/c1-15-9-10-16(2)22(15)18-7-6-11-21(13-18)20(23)17(3)25-14-19-8-4-5-12-24-19/h15-19H,4-14H2,1-3H3. The summed E-state index contributed by atoms with van der Waals surface area (Å²) in [5, 5.41) is 0. The molecule has 3 fully saturated rings. The summed E-state index contributed by atoms with van der Waals surface area (Å²) in [4.78, 5) is 17.5. The zero-order valence-electron chi connectivity index (χ0n) is 16.3. The first kappa shape index (κ1) is 19.1. The number of amides is 1. The summed E-state index contributed by atoms with van der Waals surface area (Å²) in [6.45, 7) is 9.68. The smallest absolute Gasteiger partial charge is 0.251 e. The molecule has 3 aliphatic heterocycles. The van der Waals surface area contributed by atoms with Crippen molar-refractivity contribution in [3.05, 3.63) is 0 Å². The summed E-state index contributed by atoms with van der Waals surface area (Å²) in [5.41, 5.74) is 0. The number of likely N-dealkylation sites (tertiary alicyclic amines) is 2. The van der Waals surface area contributed by atoms with E-state index in [4.69, 9.17) is 9.47 Å². The topological polar surface area (TPSA) is 42.0 Å². The van der Waals surface area contributed by atoms with Gasteiger partial charge in [-0.05, 0) is 65.7 Å². The van der Waals surface area contributed by atoms with E-state index in [9.17, 15) is 4.79 Å². The third-order valence-electron chi connectivity index (χ3n) is 6.30. The normalized spacial score (nSPS) is 35.7. The fraction of sp³-hybridized carbons (Fsp3) is 0.950. The minimum atomic E-state index is -0.363. The lowest BCUT2D eigenvalue weighted by Gasteiger charge is -2.42. The Labute approximate surface area is 153 Å². The van der Waals surface area contributed by atoms with Gasteiger partial charge in [-0.1, -0.05) is 0 Å². The van der Waals surface area contributed by atoms with Gasteiger partial charge in [0.1, 0.15) is 6.10 Å². The molecule has 5 atom stereocenters. The predicted octanol–water partition coefficient (Wildman–Crippen LogP) is 2.82. The molecule has 144 valence electrons. The zero-order chi connectivity index (χ0) is 17.8. The molecule has 0 radical (unpaired) electrons. The highest BCUT2D eigenvalue weighted by Gasteiger charge is 2.37. The number of hydrogen-bond donors (Lipinski definition) is 0. The van der Waals surface area contributed by atoms with Crippen molar-refractivity contribution >= 4 is 5.91 Å². The van der Waals surface area contributed by atoms with Crippen LogP contribution in [0.4, 0.5) is 0 Å². The molecule has 5 unspecified atom stereocenters.